The van der Waals surface area contributed by atoms with Gasteiger partial charge in [-0.3, -0.25) is 4.79 Å². The molecule has 0 aliphatic carbocycles. The summed E-state index contributed by atoms with van der Waals surface area (Å²) >= 11 is 0. The average molecular weight is 571 g/mol. The normalized spacial score (nSPS) is 11.3. The first-order valence-corrected chi connectivity index (χ1v) is 16.6. The Morgan fingerprint density at radius 2 is 0.951 bits per heavy atom. The van der Waals surface area contributed by atoms with E-state index in [1.54, 1.807) is 0 Å². The van der Waals surface area contributed by atoms with Gasteiger partial charge in [0, 0.05) is 12.1 Å². The van der Waals surface area contributed by atoms with E-state index in [0.29, 0.717) is 6.54 Å². The number of amides is 1. The topological polar surface area (TPSA) is 89.8 Å². The first-order chi connectivity index (χ1) is 20.0. The number of carbonyl (C=O) groups is 1. The van der Waals surface area contributed by atoms with Crippen molar-refractivity contribution >= 4 is 29.1 Å². The van der Waals surface area contributed by atoms with E-state index in [-0.39, 0.29) is 11.5 Å². The van der Waals surface area contributed by atoms with E-state index in [1.807, 2.05) is 0 Å². The third kappa shape index (κ3) is 7.89. The van der Waals surface area contributed by atoms with Crippen molar-refractivity contribution in [1.82, 2.24) is 5.32 Å². The van der Waals surface area contributed by atoms with Gasteiger partial charge in [0.25, 0.3) is 5.91 Å². The molecule has 0 heterocycles. The van der Waals surface area contributed by atoms with Gasteiger partial charge >= 0.3 is 0 Å². The molecule has 0 spiro atoms. The molecule has 6 heteroatoms. The second kappa shape index (κ2) is 15.3. The predicted molar refractivity (Wildman–Crippen MR) is 171 cm³/mol. The van der Waals surface area contributed by atoms with Crippen LogP contribution < -0.4 is 21.2 Å². The molecule has 214 valence electrons. The Kier molecular flexibility index (Phi) is 11.2. The van der Waals surface area contributed by atoms with Crippen LogP contribution in [0.25, 0.3) is 0 Å². The van der Waals surface area contributed by atoms with E-state index in [2.05, 4.69) is 96.3 Å². The van der Waals surface area contributed by atoms with Crippen molar-refractivity contribution in [2.75, 3.05) is 12.7 Å². The first-order valence-electron chi connectivity index (χ1n) is 14.6. The fraction of sp³-hybridized carbons (Fsp3) is 0.286. The van der Waals surface area contributed by atoms with Crippen molar-refractivity contribution in [1.29, 1.82) is 0 Å². The van der Waals surface area contributed by atoms with Gasteiger partial charge in [0.05, 0.1) is 6.16 Å². The van der Waals surface area contributed by atoms with Crippen LogP contribution in [-0.2, 0) is 0 Å². The monoisotopic (exact) mass is 570 g/mol. The Morgan fingerprint density at radius 3 is 1.39 bits per heavy atom. The Hall–Kier alpha value is -3.82. The molecule has 0 radical (unpaired) electrons. The zero-order valence-corrected chi connectivity index (χ0v) is 24.5. The second-order valence-corrected chi connectivity index (χ2v) is 14.1. The molecular formula is C35H41NO4P+. The fourth-order valence-corrected chi connectivity index (χ4v) is 9.87. The molecule has 41 heavy (non-hydrogen) atoms. The molecule has 4 aromatic rings. The number of rotatable bonds is 15. The maximum Gasteiger partial charge on any atom is 0.251 e. The molecule has 0 unspecified atom stereocenters. The number of aromatic hydroxyl groups is 3. The lowest BCUT2D eigenvalue weighted by Gasteiger charge is -2.27. The Bertz CT molecular complexity index is 1240. The van der Waals surface area contributed by atoms with Gasteiger partial charge in [-0.15, -0.1) is 0 Å². The minimum atomic E-state index is -1.74. The quantitative estimate of drug-likeness (QED) is 0.0732. The number of phenolic OH excluding ortho intramolecular Hbond substituents is 3. The Labute approximate surface area is 244 Å². The first kappa shape index (κ1) is 30.1. The van der Waals surface area contributed by atoms with Gasteiger partial charge < -0.3 is 20.6 Å². The predicted octanol–water partition coefficient (Wildman–Crippen LogP) is 6.65. The van der Waals surface area contributed by atoms with E-state index in [4.69, 9.17) is 0 Å². The Balaban J connectivity index is 1.21. The number of unbranched alkanes of at least 4 members (excludes halogenated alkanes) is 7. The van der Waals surface area contributed by atoms with Crippen LogP contribution in [0.5, 0.6) is 17.2 Å². The van der Waals surface area contributed by atoms with Crippen molar-refractivity contribution in [3.05, 3.63) is 109 Å². The molecule has 0 aliphatic heterocycles. The number of nitrogens with one attached hydrogen (secondary N) is 1. The van der Waals surface area contributed by atoms with Crippen LogP contribution in [0.1, 0.15) is 61.7 Å². The third-order valence-electron chi connectivity index (χ3n) is 7.63. The maximum atomic E-state index is 12.2. The summed E-state index contributed by atoms with van der Waals surface area (Å²) in [6.07, 6.45) is 10.3. The molecule has 0 bridgehead atoms. The molecule has 0 fully saturated rings. The highest BCUT2D eigenvalue weighted by Crippen LogP contribution is 2.56. The summed E-state index contributed by atoms with van der Waals surface area (Å²) in [6.45, 7) is 0.533. The van der Waals surface area contributed by atoms with Gasteiger partial charge in [-0.25, -0.2) is 0 Å². The van der Waals surface area contributed by atoms with Gasteiger partial charge in [0.15, 0.2) is 17.2 Å². The van der Waals surface area contributed by atoms with E-state index < -0.39 is 24.5 Å². The number of hydrogen-bond donors (Lipinski definition) is 4. The SMILES string of the molecule is O=C(NCCCCCCCCCC[P+](c1ccccc1)(c1ccccc1)c1ccccc1)c1cc(O)c(O)c(O)c1. The van der Waals surface area contributed by atoms with Gasteiger partial charge in [0.1, 0.15) is 23.2 Å². The Morgan fingerprint density at radius 1 is 0.561 bits per heavy atom. The summed E-state index contributed by atoms with van der Waals surface area (Å²) in [5.41, 5.74) is 0.121. The summed E-state index contributed by atoms with van der Waals surface area (Å²) in [4.78, 5) is 12.2. The summed E-state index contributed by atoms with van der Waals surface area (Å²) in [5, 5.41) is 35.7. The molecule has 0 saturated heterocycles. The molecular weight excluding hydrogens is 529 g/mol. The van der Waals surface area contributed by atoms with E-state index in [9.17, 15) is 20.1 Å². The molecule has 4 rings (SSSR count). The van der Waals surface area contributed by atoms with Crippen molar-refractivity contribution in [3.8, 4) is 17.2 Å². The highest BCUT2D eigenvalue weighted by molar-refractivity contribution is 7.95. The van der Waals surface area contributed by atoms with Crippen LogP contribution >= 0.6 is 7.26 Å². The lowest BCUT2D eigenvalue weighted by molar-refractivity contribution is 0.0952. The summed E-state index contributed by atoms with van der Waals surface area (Å²) in [6, 6.07) is 35.5. The summed E-state index contributed by atoms with van der Waals surface area (Å²) in [7, 11) is -1.74. The van der Waals surface area contributed by atoms with Crippen LogP contribution in [0.3, 0.4) is 0 Å². The van der Waals surface area contributed by atoms with Crippen LogP contribution in [0.15, 0.2) is 103 Å². The number of phenols is 3. The largest absolute Gasteiger partial charge is 0.504 e. The summed E-state index contributed by atoms with van der Waals surface area (Å²) < 4.78 is 0. The standard InChI is InChI=1S/C35H40NO4P/c37-32-26-28(27-33(38)34(32)39)35(40)36-24-16-5-3-1-2-4-6-17-25-41(29-18-10-7-11-19-29,30-20-12-8-13-21-30)31-22-14-9-15-23-31/h7-15,18-23,26-27H,1-6,16-17,24-25H2,(H3-,36,37,38,39,40)/p+1. The fourth-order valence-electron chi connectivity index (χ4n) is 5.46. The number of benzene rings is 4. The molecule has 4 aromatic carbocycles. The highest BCUT2D eigenvalue weighted by Gasteiger charge is 2.44. The van der Waals surface area contributed by atoms with Gasteiger partial charge in [-0.2, -0.15) is 0 Å². The zero-order chi connectivity index (χ0) is 28.9. The lowest BCUT2D eigenvalue weighted by Crippen LogP contribution is -2.33. The van der Waals surface area contributed by atoms with Crippen molar-refractivity contribution in [2.45, 2.75) is 51.4 Å². The maximum absolute atomic E-state index is 12.2. The van der Waals surface area contributed by atoms with Gasteiger partial charge in [0.2, 0.25) is 0 Å². The molecule has 1 amide bonds. The number of hydrogen-bond acceptors (Lipinski definition) is 4. The zero-order valence-electron chi connectivity index (χ0n) is 23.6. The molecule has 0 atom stereocenters. The van der Waals surface area contributed by atoms with Crippen molar-refractivity contribution in [3.63, 3.8) is 0 Å². The smallest absolute Gasteiger partial charge is 0.251 e. The molecule has 4 N–H and O–H groups in total. The number of carbonyl (C=O) groups excluding carboxylic acids is 1. The van der Waals surface area contributed by atoms with E-state index in [0.717, 1.165) is 31.4 Å². The van der Waals surface area contributed by atoms with E-state index >= 15 is 0 Å². The van der Waals surface area contributed by atoms with Crippen LogP contribution in [0.4, 0.5) is 0 Å². The van der Waals surface area contributed by atoms with Crippen molar-refractivity contribution in [2.24, 2.45) is 0 Å². The lowest BCUT2D eigenvalue weighted by atomic mass is 10.1. The molecule has 0 saturated carbocycles. The van der Waals surface area contributed by atoms with Crippen molar-refractivity contribution < 1.29 is 20.1 Å². The van der Waals surface area contributed by atoms with Gasteiger partial charge in [-0.1, -0.05) is 86.7 Å². The summed E-state index contributed by atoms with van der Waals surface area (Å²) in [5.74, 6) is -2.02. The minimum Gasteiger partial charge on any atom is -0.504 e. The molecule has 0 aliphatic rings. The van der Waals surface area contributed by atoms with E-state index in [1.165, 1.54) is 54.2 Å². The van der Waals surface area contributed by atoms with Crippen LogP contribution in [0, 0.1) is 0 Å². The van der Waals surface area contributed by atoms with Crippen LogP contribution in [0.2, 0.25) is 0 Å². The highest BCUT2D eigenvalue weighted by atomic mass is 31.2. The van der Waals surface area contributed by atoms with Crippen LogP contribution in [-0.4, -0.2) is 33.9 Å². The average Bonchev–Trinajstić information content (AvgIpc) is 3.01. The molecule has 0 aromatic heterocycles. The van der Waals surface area contributed by atoms with Gasteiger partial charge in [-0.05, 0) is 67.8 Å². The third-order valence-corrected chi connectivity index (χ3v) is 12.2. The molecule has 5 nitrogen and oxygen atoms in total. The minimum absolute atomic E-state index is 0.121. The second-order valence-electron chi connectivity index (χ2n) is 10.5.